The van der Waals surface area contributed by atoms with Crippen LogP contribution < -0.4 is 0 Å². The normalized spacial score (nSPS) is 18.7. The van der Waals surface area contributed by atoms with Crippen molar-refractivity contribution in [1.29, 1.82) is 0 Å². The van der Waals surface area contributed by atoms with Gasteiger partial charge >= 0.3 is 5.97 Å². The maximum Gasteiger partial charge on any atom is 0.325 e. The van der Waals surface area contributed by atoms with Gasteiger partial charge in [0.1, 0.15) is 6.04 Å². The van der Waals surface area contributed by atoms with Gasteiger partial charge in [0.15, 0.2) is 6.10 Å². The highest BCUT2D eigenvalue weighted by Crippen LogP contribution is 2.34. The molecule has 0 aromatic heterocycles. The van der Waals surface area contributed by atoms with Gasteiger partial charge in [0.2, 0.25) is 10.0 Å². The van der Waals surface area contributed by atoms with Crippen LogP contribution in [0.2, 0.25) is 0 Å². The summed E-state index contributed by atoms with van der Waals surface area (Å²) in [5, 5.41) is 1.80. The summed E-state index contributed by atoms with van der Waals surface area (Å²) >= 11 is 0. The number of benzene rings is 4. The maximum absolute atomic E-state index is 13.7. The molecule has 6 heteroatoms. The van der Waals surface area contributed by atoms with E-state index in [-0.39, 0.29) is 17.4 Å². The van der Waals surface area contributed by atoms with E-state index < -0.39 is 28.1 Å². The fourth-order valence-electron chi connectivity index (χ4n) is 4.73. The van der Waals surface area contributed by atoms with Crippen molar-refractivity contribution >= 4 is 26.8 Å². The van der Waals surface area contributed by atoms with E-state index in [0.717, 1.165) is 21.9 Å². The number of carbonyl (C=O) groups excluding carboxylic acids is 1. The van der Waals surface area contributed by atoms with Crippen LogP contribution in [0.3, 0.4) is 0 Å². The monoisotopic (exact) mass is 485 g/mol. The highest BCUT2D eigenvalue weighted by Gasteiger charge is 2.44. The number of rotatable bonds is 6. The molecule has 1 aliphatic rings. The van der Waals surface area contributed by atoms with Crippen molar-refractivity contribution in [3.05, 3.63) is 114 Å². The lowest BCUT2D eigenvalue weighted by molar-refractivity contribution is -0.151. The highest BCUT2D eigenvalue weighted by molar-refractivity contribution is 7.89. The van der Waals surface area contributed by atoms with E-state index in [1.54, 1.807) is 18.2 Å². The molecule has 2 atom stereocenters. The molecular formula is C29H27NO4S. The predicted molar refractivity (Wildman–Crippen MR) is 136 cm³/mol. The second-order valence-electron chi connectivity index (χ2n) is 9.08. The topological polar surface area (TPSA) is 63.7 Å². The van der Waals surface area contributed by atoms with Gasteiger partial charge in [0.25, 0.3) is 0 Å². The first-order chi connectivity index (χ1) is 16.9. The van der Waals surface area contributed by atoms with Crippen LogP contribution in [0.1, 0.15) is 30.6 Å². The molecule has 0 spiro atoms. The number of nitrogens with zero attached hydrogens (tertiary/aromatic N) is 1. The third-order valence-electron chi connectivity index (χ3n) is 6.50. The third kappa shape index (κ3) is 4.72. The summed E-state index contributed by atoms with van der Waals surface area (Å²) in [6.45, 7) is 2.23. The number of sulfonamides is 1. The second-order valence-corrected chi connectivity index (χ2v) is 11.0. The van der Waals surface area contributed by atoms with Crippen LogP contribution in [-0.4, -0.2) is 31.3 Å². The van der Waals surface area contributed by atoms with Crippen LogP contribution in [0.25, 0.3) is 10.8 Å². The van der Waals surface area contributed by atoms with Gasteiger partial charge in [-0.2, -0.15) is 4.31 Å². The average molecular weight is 486 g/mol. The van der Waals surface area contributed by atoms with Crippen molar-refractivity contribution in [2.45, 2.75) is 30.4 Å². The molecule has 0 saturated carbocycles. The minimum absolute atomic E-state index is 0.0367. The summed E-state index contributed by atoms with van der Waals surface area (Å²) in [7, 11) is -3.89. The molecular weight excluding hydrogens is 458 g/mol. The van der Waals surface area contributed by atoms with Crippen molar-refractivity contribution in [2.24, 2.45) is 5.92 Å². The Hall–Kier alpha value is -3.48. The molecule has 0 amide bonds. The van der Waals surface area contributed by atoms with Crippen LogP contribution in [-0.2, 0) is 19.6 Å². The first-order valence-corrected chi connectivity index (χ1v) is 13.2. The van der Waals surface area contributed by atoms with Gasteiger partial charge in [-0.25, -0.2) is 8.42 Å². The molecule has 5 nitrogen and oxygen atoms in total. The van der Waals surface area contributed by atoms with E-state index in [2.05, 4.69) is 0 Å². The van der Waals surface area contributed by atoms with E-state index >= 15 is 0 Å². The van der Waals surface area contributed by atoms with Gasteiger partial charge in [-0.3, -0.25) is 4.79 Å². The van der Waals surface area contributed by atoms with E-state index in [4.69, 9.17) is 4.74 Å². The summed E-state index contributed by atoms with van der Waals surface area (Å²) in [5.41, 5.74) is 1.67. The van der Waals surface area contributed by atoms with Crippen LogP contribution in [0, 0.1) is 5.92 Å². The Labute approximate surface area is 206 Å². The van der Waals surface area contributed by atoms with E-state index in [0.29, 0.717) is 6.42 Å². The van der Waals surface area contributed by atoms with Crippen LogP contribution >= 0.6 is 0 Å². The minimum atomic E-state index is -3.89. The Morgan fingerprint density at radius 2 is 1.40 bits per heavy atom. The molecule has 5 rings (SSSR count). The molecule has 0 radical (unpaired) electrons. The number of fused-ring (bicyclic) bond motifs is 1. The van der Waals surface area contributed by atoms with E-state index in [9.17, 15) is 13.2 Å². The Bertz CT molecular complexity index is 1400. The fourth-order valence-corrected chi connectivity index (χ4v) is 6.47. The molecule has 0 bridgehead atoms. The lowest BCUT2D eigenvalue weighted by Crippen LogP contribution is -2.41. The largest absolute Gasteiger partial charge is 0.451 e. The first-order valence-electron chi connectivity index (χ1n) is 11.7. The molecule has 0 aliphatic carbocycles. The van der Waals surface area contributed by atoms with Crippen molar-refractivity contribution in [3.8, 4) is 0 Å². The zero-order chi connectivity index (χ0) is 24.4. The first kappa shape index (κ1) is 23.3. The standard InChI is InChI=1S/C29H27NO4S/c1-21-18-27(29(31)34-28(23-11-4-2-5-12-23)24-13-6-3-7-14-24)30(20-21)35(32,33)26-17-16-22-10-8-9-15-25(22)19-26/h2-17,19,21,27-28H,18,20H2,1H3/t21-,27+/m1/s1. The van der Waals surface area contributed by atoms with Gasteiger partial charge in [0.05, 0.1) is 4.90 Å². The number of ether oxygens (including phenoxy) is 1. The predicted octanol–water partition coefficient (Wildman–Crippen LogP) is 5.57. The Balaban J connectivity index is 1.46. The lowest BCUT2D eigenvalue weighted by atomic mass is 10.0. The molecule has 178 valence electrons. The molecule has 35 heavy (non-hydrogen) atoms. The average Bonchev–Trinajstić information content (AvgIpc) is 3.30. The molecule has 1 aliphatic heterocycles. The summed E-state index contributed by atoms with van der Waals surface area (Å²) in [6, 6.07) is 30.9. The molecule has 1 fully saturated rings. The van der Waals surface area contributed by atoms with Crippen molar-refractivity contribution in [1.82, 2.24) is 4.31 Å². The van der Waals surface area contributed by atoms with E-state index in [1.807, 2.05) is 91.9 Å². The van der Waals surface area contributed by atoms with E-state index in [1.165, 1.54) is 4.31 Å². The van der Waals surface area contributed by atoms with Gasteiger partial charge in [-0.05, 0) is 46.4 Å². The van der Waals surface area contributed by atoms with Gasteiger partial charge < -0.3 is 4.74 Å². The highest BCUT2D eigenvalue weighted by atomic mass is 32.2. The Morgan fingerprint density at radius 1 is 0.829 bits per heavy atom. The molecule has 4 aromatic rings. The zero-order valence-electron chi connectivity index (χ0n) is 19.4. The SMILES string of the molecule is C[C@@H]1C[C@@H](C(=O)OC(c2ccccc2)c2ccccc2)N(S(=O)(=O)c2ccc3ccccc3c2)C1. The summed E-state index contributed by atoms with van der Waals surface area (Å²) in [6.07, 6.45) is -0.201. The molecule has 0 unspecified atom stereocenters. The maximum atomic E-state index is 13.7. The fraction of sp³-hybridized carbons (Fsp3) is 0.207. The Morgan fingerprint density at radius 3 is 2.03 bits per heavy atom. The van der Waals surface area contributed by atoms with Crippen molar-refractivity contribution in [2.75, 3.05) is 6.54 Å². The lowest BCUT2D eigenvalue weighted by Gasteiger charge is -2.26. The number of esters is 1. The number of hydrogen-bond acceptors (Lipinski definition) is 4. The second kappa shape index (κ2) is 9.64. The Kier molecular flexibility index (Phi) is 6.41. The van der Waals surface area contributed by atoms with Gasteiger partial charge in [0, 0.05) is 6.54 Å². The zero-order valence-corrected chi connectivity index (χ0v) is 20.3. The molecule has 1 heterocycles. The molecule has 0 N–H and O–H groups in total. The molecule has 4 aromatic carbocycles. The summed E-state index contributed by atoms with van der Waals surface area (Å²) < 4.78 is 34.7. The van der Waals surface area contributed by atoms with Crippen molar-refractivity contribution < 1.29 is 17.9 Å². The molecule has 1 saturated heterocycles. The van der Waals surface area contributed by atoms with Crippen LogP contribution in [0.4, 0.5) is 0 Å². The quantitative estimate of drug-likeness (QED) is 0.335. The minimum Gasteiger partial charge on any atom is -0.451 e. The van der Waals surface area contributed by atoms with Gasteiger partial charge in [-0.15, -0.1) is 0 Å². The number of hydrogen-bond donors (Lipinski definition) is 0. The van der Waals surface area contributed by atoms with Gasteiger partial charge in [-0.1, -0.05) is 97.9 Å². The summed E-state index contributed by atoms with van der Waals surface area (Å²) in [4.78, 5) is 13.7. The van der Waals surface area contributed by atoms with Crippen LogP contribution in [0.5, 0.6) is 0 Å². The smallest absolute Gasteiger partial charge is 0.325 e. The van der Waals surface area contributed by atoms with Crippen LogP contribution in [0.15, 0.2) is 108 Å². The summed E-state index contributed by atoms with van der Waals surface area (Å²) in [5.74, 6) is -0.494. The van der Waals surface area contributed by atoms with Crippen molar-refractivity contribution in [3.63, 3.8) is 0 Å². The third-order valence-corrected chi connectivity index (χ3v) is 8.37. The number of carbonyl (C=O) groups is 1.